The second-order valence-corrected chi connectivity index (χ2v) is 7.02. The molecule has 0 saturated carbocycles. The third-order valence-corrected chi connectivity index (χ3v) is 5.03. The molecule has 1 unspecified atom stereocenters. The number of nitrogens with one attached hydrogen (secondary N) is 2. The van der Waals surface area contributed by atoms with Gasteiger partial charge in [-0.05, 0) is 19.1 Å². The van der Waals surface area contributed by atoms with Crippen molar-refractivity contribution in [1.29, 1.82) is 0 Å². The number of hydrogen-bond acceptors (Lipinski definition) is 5. The van der Waals surface area contributed by atoms with Gasteiger partial charge in [-0.1, -0.05) is 24.3 Å². The summed E-state index contributed by atoms with van der Waals surface area (Å²) >= 11 is 0. The number of carbonyl (C=O) groups excluding carboxylic acids is 2. The molecule has 1 aliphatic rings. The summed E-state index contributed by atoms with van der Waals surface area (Å²) in [5, 5.41) is 13.5. The molecule has 2 aromatic rings. The van der Waals surface area contributed by atoms with E-state index in [9.17, 15) is 14.7 Å². The smallest absolute Gasteiger partial charge is 0.198 e. The lowest BCUT2D eigenvalue weighted by atomic mass is 9.82. The molecule has 0 aromatic heterocycles. The Bertz CT molecular complexity index is 879. The Hall–Kier alpha value is -2.70. The van der Waals surface area contributed by atoms with E-state index in [1.165, 1.54) is 11.0 Å². The van der Waals surface area contributed by atoms with E-state index in [4.69, 9.17) is 4.74 Å². The van der Waals surface area contributed by atoms with Crippen LogP contribution < -0.4 is 10.2 Å². The average molecular weight is 383 g/mol. The normalized spacial score (nSPS) is 13.8. The number of carbonyl (C=O) groups is 2. The molecule has 0 spiro atoms. The van der Waals surface area contributed by atoms with Crippen LogP contribution >= 0.6 is 0 Å². The molecule has 2 aromatic carbocycles. The van der Waals surface area contributed by atoms with E-state index < -0.39 is 0 Å². The molecule has 3 rings (SSSR count). The number of anilines is 1. The van der Waals surface area contributed by atoms with Gasteiger partial charge in [-0.15, -0.1) is 0 Å². The lowest BCUT2D eigenvalue weighted by Crippen LogP contribution is -3.09. The Kier molecular flexibility index (Phi) is 6.44. The molecule has 0 fully saturated rings. The number of aromatic hydroxyl groups is 1. The number of benzene rings is 2. The number of likely N-dealkylation sites (N-methyl/N-ethyl adjacent to an activating group) is 1. The van der Waals surface area contributed by atoms with Crippen LogP contribution in [0.15, 0.2) is 36.4 Å². The summed E-state index contributed by atoms with van der Waals surface area (Å²) in [5.41, 5.74) is 1.67. The van der Waals surface area contributed by atoms with Crippen molar-refractivity contribution in [3.63, 3.8) is 0 Å². The number of phenolic OH excluding ortho intramolecular Hbond substituents is 1. The fraction of sp³-hybridized carbons (Fsp3) is 0.364. The van der Waals surface area contributed by atoms with E-state index in [1.54, 1.807) is 30.3 Å². The number of ketones is 2. The predicted molar refractivity (Wildman–Crippen MR) is 108 cm³/mol. The minimum absolute atomic E-state index is 0.0909. The van der Waals surface area contributed by atoms with Gasteiger partial charge in [0.05, 0.1) is 31.3 Å². The average Bonchev–Trinajstić information content (AvgIpc) is 2.70. The molecule has 1 atom stereocenters. The largest absolute Gasteiger partial charge is 0.507 e. The Morgan fingerprint density at radius 3 is 2.36 bits per heavy atom. The van der Waals surface area contributed by atoms with Gasteiger partial charge in [-0.25, -0.2) is 0 Å². The van der Waals surface area contributed by atoms with Crippen LogP contribution in [0, 0.1) is 0 Å². The topological polar surface area (TPSA) is 80.1 Å². The minimum Gasteiger partial charge on any atom is -0.507 e. The van der Waals surface area contributed by atoms with Crippen LogP contribution in [0.5, 0.6) is 5.75 Å². The van der Waals surface area contributed by atoms with Crippen molar-refractivity contribution in [2.24, 2.45) is 0 Å². The SMILES string of the molecule is CCOCC[NH+](C)CCCNc1ccc(O)c2c1C(=O)c1ccccc1C2=O. The first-order valence-electron chi connectivity index (χ1n) is 9.72. The molecular weight excluding hydrogens is 356 g/mol. The fourth-order valence-corrected chi connectivity index (χ4v) is 3.48. The van der Waals surface area contributed by atoms with Gasteiger partial charge >= 0.3 is 0 Å². The first kappa shape index (κ1) is 20.0. The van der Waals surface area contributed by atoms with E-state index in [-0.39, 0.29) is 28.4 Å². The summed E-state index contributed by atoms with van der Waals surface area (Å²) in [6.45, 7) is 6.06. The first-order valence-corrected chi connectivity index (χ1v) is 9.72. The number of phenols is 1. The summed E-state index contributed by atoms with van der Waals surface area (Å²) in [7, 11) is 2.13. The molecular formula is C22H27N2O4+. The fourth-order valence-electron chi connectivity index (χ4n) is 3.48. The maximum absolute atomic E-state index is 13.0. The number of ether oxygens (including phenoxy) is 1. The summed E-state index contributed by atoms with van der Waals surface area (Å²) in [5.74, 6) is -0.706. The zero-order valence-electron chi connectivity index (χ0n) is 16.4. The highest BCUT2D eigenvalue weighted by atomic mass is 16.5. The van der Waals surface area contributed by atoms with Crippen molar-refractivity contribution in [1.82, 2.24) is 0 Å². The lowest BCUT2D eigenvalue weighted by Gasteiger charge is -2.22. The van der Waals surface area contributed by atoms with E-state index in [0.717, 1.165) is 32.7 Å². The van der Waals surface area contributed by atoms with Crippen molar-refractivity contribution in [3.05, 3.63) is 58.7 Å². The number of hydrogen-bond donors (Lipinski definition) is 3. The van der Waals surface area contributed by atoms with E-state index in [2.05, 4.69) is 12.4 Å². The molecule has 0 saturated heterocycles. The van der Waals surface area contributed by atoms with Crippen LogP contribution in [0.1, 0.15) is 45.2 Å². The molecule has 0 heterocycles. The number of quaternary nitrogens is 1. The second-order valence-electron chi connectivity index (χ2n) is 7.02. The molecule has 1 aliphatic carbocycles. The number of fused-ring (bicyclic) bond motifs is 2. The highest BCUT2D eigenvalue weighted by molar-refractivity contribution is 6.31. The van der Waals surface area contributed by atoms with Crippen molar-refractivity contribution >= 4 is 17.3 Å². The Balaban J connectivity index is 1.71. The van der Waals surface area contributed by atoms with Gasteiger partial charge < -0.3 is 20.1 Å². The standard InChI is InChI=1S/C22H26N2O4/c1-3-28-14-13-24(2)12-6-11-23-17-9-10-18(25)20-19(17)21(26)15-7-4-5-8-16(15)22(20)27/h4-5,7-10,23,25H,3,6,11-14H2,1-2H3/p+1. The Morgan fingerprint density at radius 2 is 1.68 bits per heavy atom. The third kappa shape index (κ3) is 4.08. The van der Waals surface area contributed by atoms with Crippen molar-refractivity contribution < 1.29 is 24.3 Å². The maximum Gasteiger partial charge on any atom is 0.198 e. The maximum atomic E-state index is 13.0. The van der Waals surface area contributed by atoms with Gasteiger partial charge in [0.25, 0.3) is 0 Å². The zero-order chi connectivity index (χ0) is 20.1. The van der Waals surface area contributed by atoms with Gasteiger partial charge in [-0.3, -0.25) is 9.59 Å². The highest BCUT2D eigenvalue weighted by Gasteiger charge is 2.33. The van der Waals surface area contributed by atoms with Gasteiger partial charge in [0, 0.05) is 36.4 Å². The van der Waals surface area contributed by atoms with E-state index >= 15 is 0 Å². The first-order chi connectivity index (χ1) is 13.5. The van der Waals surface area contributed by atoms with E-state index in [0.29, 0.717) is 23.4 Å². The molecule has 28 heavy (non-hydrogen) atoms. The van der Waals surface area contributed by atoms with Gasteiger partial charge in [0.1, 0.15) is 12.3 Å². The summed E-state index contributed by atoms with van der Waals surface area (Å²) in [6.07, 6.45) is 0.909. The Morgan fingerprint density at radius 1 is 1.00 bits per heavy atom. The lowest BCUT2D eigenvalue weighted by molar-refractivity contribution is -0.880. The van der Waals surface area contributed by atoms with Crippen LogP contribution in [0.4, 0.5) is 5.69 Å². The molecule has 6 nitrogen and oxygen atoms in total. The number of rotatable bonds is 9. The van der Waals surface area contributed by atoms with Crippen molar-refractivity contribution in [3.8, 4) is 5.75 Å². The predicted octanol–water partition coefficient (Wildman–Crippen LogP) is 1.52. The van der Waals surface area contributed by atoms with Crippen LogP contribution in [0.2, 0.25) is 0 Å². The highest BCUT2D eigenvalue weighted by Crippen LogP contribution is 2.36. The van der Waals surface area contributed by atoms with Gasteiger partial charge in [0.15, 0.2) is 11.6 Å². The summed E-state index contributed by atoms with van der Waals surface area (Å²) in [6, 6.07) is 9.88. The van der Waals surface area contributed by atoms with Gasteiger partial charge in [-0.2, -0.15) is 0 Å². The molecule has 148 valence electrons. The molecule has 6 heteroatoms. The summed E-state index contributed by atoms with van der Waals surface area (Å²) < 4.78 is 5.37. The van der Waals surface area contributed by atoms with Crippen LogP contribution in [0.25, 0.3) is 0 Å². The van der Waals surface area contributed by atoms with Crippen molar-refractivity contribution in [2.45, 2.75) is 13.3 Å². The second kappa shape index (κ2) is 8.99. The zero-order valence-corrected chi connectivity index (χ0v) is 16.4. The monoisotopic (exact) mass is 383 g/mol. The van der Waals surface area contributed by atoms with Crippen LogP contribution in [-0.2, 0) is 4.74 Å². The molecule has 0 bridgehead atoms. The Labute approximate surface area is 165 Å². The van der Waals surface area contributed by atoms with E-state index in [1.807, 2.05) is 6.92 Å². The third-order valence-electron chi connectivity index (χ3n) is 5.03. The molecule has 0 amide bonds. The van der Waals surface area contributed by atoms with Gasteiger partial charge in [0.2, 0.25) is 0 Å². The minimum atomic E-state index is -0.313. The quantitative estimate of drug-likeness (QED) is 0.386. The van der Waals surface area contributed by atoms with Crippen molar-refractivity contribution in [2.75, 3.05) is 45.2 Å². The van der Waals surface area contributed by atoms with Crippen LogP contribution in [0.3, 0.4) is 0 Å². The molecule has 3 N–H and O–H groups in total. The molecule has 0 aliphatic heterocycles. The van der Waals surface area contributed by atoms with Crippen LogP contribution in [-0.4, -0.2) is 56.6 Å². The molecule has 0 radical (unpaired) electrons. The summed E-state index contributed by atoms with van der Waals surface area (Å²) in [4.78, 5) is 27.2.